The third-order valence-corrected chi connectivity index (χ3v) is 2.55. The van der Waals surface area contributed by atoms with E-state index in [1.807, 2.05) is 24.3 Å². The van der Waals surface area contributed by atoms with E-state index in [1.165, 1.54) is 0 Å². The average Bonchev–Trinajstić information content (AvgIpc) is 2.28. The van der Waals surface area contributed by atoms with Crippen molar-refractivity contribution in [2.45, 2.75) is 32.4 Å². The van der Waals surface area contributed by atoms with Crippen LogP contribution in [0.1, 0.15) is 37.4 Å². The summed E-state index contributed by atoms with van der Waals surface area (Å²) in [4.78, 5) is 0. The van der Waals surface area contributed by atoms with Crippen LogP contribution in [-0.2, 0) is 0 Å². The second kappa shape index (κ2) is 6.26. The molecule has 0 aromatic heterocycles. The normalized spacial score (nSPS) is 14.1. The van der Waals surface area contributed by atoms with Gasteiger partial charge in [-0.3, -0.25) is 0 Å². The van der Waals surface area contributed by atoms with Crippen molar-refractivity contribution >= 4 is 0 Å². The highest BCUT2D eigenvalue weighted by molar-refractivity contribution is 5.32. The van der Waals surface area contributed by atoms with Crippen LogP contribution in [0.15, 0.2) is 24.3 Å². The van der Waals surface area contributed by atoms with Crippen LogP contribution in [0.3, 0.4) is 0 Å². The highest BCUT2D eigenvalue weighted by Crippen LogP contribution is 2.12. The number of rotatable bonds is 5. The lowest BCUT2D eigenvalue weighted by Gasteiger charge is -2.14. The molecule has 0 heterocycles. The second-order valence-corrected chi connectivity index (χ2v) is 4.05. The Labute approximate surface area is 96.7 Å². The highest BCUT2D eigenvalue weighted by atomic mass is 16.3. The summed E-state index contributed by atoms with van der Waals surface area (Å²) < 4.78 is 0. The topological polar surface area (TPSA) is 56.0 Å². The van der Waals surface area contributed by atoms with Crippen LogP contribution in [0.25, 0.3) is 0 Å². The molecular formula is C13H18N2O. The molecule has 1 aromatic rings. The lowest BCUT2D eigenvalue weighted by molar-refractivity contribution is 0.182. The molecule has 86 valence electrons. The second-order valence-electron chi connectivity index (χ2n) is 4.05. The van der Waals surface area contributed by atoms with E-state index >= 15 is 0 Å². The van der Waals surface area contributed by atoms with Crippen molar-refractivity contribution in [1.82, 2.24) is 5.32 Å². The Hall–Kier alpha value is -1.37. The van der Waals surface area contributed by atoms with Crippen LogP contribution in [0.5, 0.6) is 0 Å². The molecule has 0 aliphatic heterocycles. The van der Waals surface area contributed by atoms with E-state index in [2.05, 4.69) is 18.3 Å². The number of benzene rings is 1. The minimum absolute atomic E-state index is 0.242. The van der Waals surface area contributed by atoms with Gasteiger partial charge in [0.25, 0.3) is 0 Å². The maximum atomic E-state index is 9.13. The molecule has 2 N–H and O–H groups in total. The van der Waals surface area contributed by atoms with Gasteiger partial charge < -0.3 is 10.4 Å². The van der Waals surface area contributed by atoms with Gasteiger partial charge in [-0.05, 0) is 44.5 Å². The predicted molar refractivity (Wildman–Crippen MR) is 63.9 cm³/mol. The summed E-state index contributed by atoms with van der Waals surface area (Å²) in [6.45, 7) is 4.65. The van der Waals surface area contributed by atoms with Gasteiger partial charge in [-0.2, -0.15) is 5.26 Å². The number of aliphatic hydroxyl groups excluding tert-OH is 1. The molecule has 0 radical (unpaired) electrons. The molecule has 0 saturated carbocycles. The summed E-state index contributed by atoms with van der Waals surface area (Å²) >= 11 is 0. The largest absolute Gasteiger partial charge is 0.393 e. The summed E-state index contributed by atoms with van der Waals surface area (Å²) in [6, 6.07) is 9.90. The number of hydrogen-bond donors (Lipinski definition) is 2. The minimum atomic E-state index is -0.263. The first kappa shape index (κ1) is 12.7. The molecular weight excluding hydrogens is 200 g/mol. The minimum Gasteiger partial charge on any atom is -0.393 e. The molecule has 1 rings (SSSR count). The number of hydrogen-bond acceptors (Lipinski definition) is 3. The molecule has 0 bridgehead atoms. The number of aliphatic hydroxyl groups is 1. The van der Waals surface area contributed by atoms with Crippen molar-refractivity contribution in [2.75, 3.05) is 6.54 Å². The summed E-state index contributed by atoms with van der Waals surface area (Å²) in [5.41, 5.74) is 1.84. The van der Waals surface area contributed by atoms with Gasteiger partial charge in [0.2, 0.25) is 0 Å². The SMILES string of the molecule is CC(O)CCNC(C)c1ccc(C#N)cc1. The molecule has 3 nitrogen and oxygen atoms in total. The Morgan fingerprint density at radius 3 is 2.44 bits per heavy atom. The smallest absolute Gasteiger partial charge is 0.0991 e. The third kappa shape index (κ3) is 4.01. The van der Waals surface area contributed by atoms with Crippen LogP contribution >= 0.6 is 0 Å². The van der Waals surface area contributed by atoms with Gasteiger partial charge in [0.05, 0.1) is 17.7 Å². The summed E-state index contributed by atoms with van der Waals surface area (Å²) in [6.07, 6.45) is 0.487. The molecule has 0 amide bonds. The van der Waals surface area contributed by atoms with Crippen molar-refractivity contribution in [3.63, 3.8) is 0 Å². The fourth-order valence-corrected chi connectivity index (χ4v) is 1.47. The Kier molecular flexibility index (Phi) is 4.97. The van der Waals surface area contributed by atoms with Gasteiger partial charge in [-0.15, -0.1) is 0 Å². The molecule has 2 unspecified atom stereocenters. The molecule has 0 fully saturated rings. The summed E-state index contributed by atoms with van der Waals surface area (Å²) in [7, 11) is 0. The van der Waals surface area contributed by atoms with E-state index in [-0.39, 0.29) is 12.1 Å². The molecule has 3 heteroatoms. The summed E-state index contributed by atoms with van der Waals surface area (Å²) in [5.74, 6) is 0. The zero-order chi connectivity index (χ0) is 12.0. The summed E-state index contributed by atoms with van der Waals surface area (Å²) in [5, 5.41) is 21.1. The Balaban J connectivity index is 2.47. The zero-order valence-corrected chi connectivity index (χ0v) is 9.77. The fourth-order valence-electron chi connectivity index (χ4n) is 1.47. The lowest BCUT2D eigenvalue weighted by atomic mass is 10.1. The number of nitrogens with one attached hydrogen (secondary N) is 1. The fraction of sp³-hybridized carbons (Fsp3) is 0.462. The predicted octanol–water partition coefficient (Wildman–Crippen LogP) is 1.98. The van der Waals surface area contributed by atoms with Gasteiger partial charge in [0, 0.05) is 6.04 Å². The maximum absolute atomic E-state index is 9.13. The highest BCUT2D eigenvalue weighted by Gasteiger charge is 2.04. The number of nitrogens with zero attached hydrogens (tertiary/aromatic N) is 1. The van der Waals surface area contributed by atoms with Gasteiger partial charge in [-0.25, -0.2) is 0 Å². The Bertz CT molecular complexity index is 351. The van der Waals surface area contributed by atoms with E-state index in [9.17, 15) is 0 Å². The monoisotopic (exact) mass is 218 g/mol. The zero-order valence-electron chi connectivity index (χ0n) is 9.77. The van der Waals surface area contributed by atoms with Gasteiger partial charge in [0.1, 0.15) is 0 Å². The van der Waals surface area contributed by atoms with E-state index < -0.39 is 0 Å². The van der Waals surface area contributed by atoms with E-state index in [1.54, 1.807) is 6.92 Å². The van der Waals surface area contributed by atoms with E-state index in [4.69, 9.17) is 10.4 Å². The van der Waals surface area contributed by atoms with Crippen molar-refractivity contribution in [1.29, 1.82) is 5.26 Å². The Morgan fingerprint density at radius 2 is 1.94 bits per heavy atom. The van der Waals surface area contributed by atoms with Crippen molar-refractivity contribution in [3.8, 4) is 6.07 Å². The van der Waals surface area contributed by atoms with Crippen molar-refractivity contribution in [2.24, 2.45) is 0 Å². The van der Waals surface area contributed by atoms with Crippen LogP contribution in [0.2, 0.25) is 0 Å². The molecule has 1 aromatic carbocycles. The van der Waals surface area contributed by atoms with E-state index in [0.29, 0.717) is 5.56 Å². The molecule has 2 atom stereocenters. The standard InChI is InChI=1S/C13H18N2O/c1-10(16)7-8-15-11(2)13-5-3-12(9-14)4-6-13/h3-6,10-11,15-16H,7-8H2,1-2H3. The van der Waals surface area contributed by atoms with Crippen LogP contribution < -0.4 is 5.32 Å². The molecule has 0 aliphatic rings. The average molecular weight is 218 g/mol. The molecule has 0 spiro atoms. The van der Waals surface area contributed by atoms with E-state index in [0.717, 1.165) is 18.5 Å². The van der Waals surface area contributed by atoms with Gasteiger partial charge in [-0.1, -0.05) is 12.1 Å². The maximum Gasteiger partial charge on any atom is 0.0991 e. The number of nitriles is 1. The van der Waals surface area contributed by atoms with Gasteiger partial charge in [0.15, 0.2) is 0 Å². The van der Waals surface area contributed by atoms with Crippen LogP contribution in [0.4, 0.5) is 0 Å². The van der Waals surface area contributed by atoms with Crippen molar-refractivity contribution in [3.05, 3.63) is 35.4 Å². The quantitative estimate of drug-likeness (QED) is 0.794. The van der Waals surface area contributed by atoms with Crippen LogP contribution in [0, 0.1) is 11.3 Å². The molecule has 0 saturated heterocycles. The molecule has 16 heavy (non-hydrogen) atoms. The first-order valence-electron chi connectivity index (χ1n) is 5.55. The third-order valence-electron chi connectivity index (χ3n) is 2.55. The Morgan fingerprint density at radius 1 is 1.31 bits per heavy atom. The molecule has 0 aliphatic carbocycles. The van der Waals surface area contributed by atoms with Crippen molar-refractivity contribution < 1.29 is 5.11 Å². The van der Waals surface area contributed by atoms with Gasteiger partial charge >= 0.3 is 0 Å². The first-order chi connectivity index (χ1) is 7.63. The van der Waals surface area contributed by atoms with Crippen LogP contribution in [-0.4, -0.2) is 17.8 Å². The lowest BCUT2D eigenvalue weighted by Crippen LogP contribution is -2.22. The first-order valence-corrected chi connectivity index (χ1v) is 5.55.